The lowest BCUT2D eigenvalue weighted by atomic mass is 10.1. The summed E-state index contributed by atoms with van der Waals surface area (Å²) in [5.41, 5.74) is 2.35. The monoisotopic (exact) mass is 306 g/mol. The molecule has 0 aliphatic carbocycles. The first-order valence-corrected chi connectivity index (χ1v) is 7.20. The number of benzene rings is 1. The van der Waals surface area contributed by atoms with Gasteiger partial charge in [0.25, 0.3) is 0 Å². The molecule has 0 unspecified atom stereocenters. The van der Waals surface area contributed by atoms with Crippen molar-refractivity contribution in [3.05, 3.63) is 40.5 Å². The van der Waals surface area contributed by atoms with Crippen LogP contribution in [0.2, 0.25) is 0 Å². The number of pyridine rings is 1. The Morgan fingerprint density at radius 1 is 1.28 bits per heavy atom. The van der Waals surface area contributed by atoms with Crippen molar-refractivity contribution < 1.29 is 0 Å². The molecule has 0 saturated carbocycles. The highest BCUT2D eigenvalue weighted by molar-refractivity contribution is 9.10. The minimum Gasteiger partial charge on any atom is -0.313 e. The summed E-state index contributed by atoms with van der Waals surface area (Å²) < 4.78 is 1.11. The minimum atomic E-state index is 0.747. The van der Waals surface area contributed by atoms with Crippen molar-refractivity contribution in [1.29, 1.82) is 0 Å². The summed E-state index contributed by atoms with van der Waals surface area (Å²) in [6.07, 6.45) is 3.06. The zero-order valence-electron chi connectivity index (χ0n) is 10.9. The summed E-state index contributed by atoms with van der Waals surface area (Å²) in [6, 6.07) is 8.32. The largest absolute Gasteiger partial charge is 0.313 e. The molecule has 0 aliphatic rings. The van der Waals surface area contributed by atoms with Gasteiger partial charge in [-0.25, -0.2) is 0 Å². The molecule has 0 bridgehead atoms. The molecule has 0 spiro atoms. The molecule has 0 fully saturated rings. The second-order valence-electron chi connectivity index (χ2n) is 4.97. The van der Waals surface area contributed by atoms with E-state index < -0.39 is 0 Å². The number of nitrogens with one attached hydrogen (secondary N) is 1. The number of aromatic nitrogens is 1. The van der Waals surface area contributed by atoms with Gasteiger partial charge in [0.15, 0.2) is 0 Å². The number of nitrogens with zero attached hydrogens (tertiary/aromatic N) is 1. The minimum absolute atomic E-state index is 0.747. The summed E-state index contributed by atoms with van der Waals surface area (Å²) in [5.74, 6) is 0.747. The van der Waals surface area contributed by atoms with E-state index in [0.29, 0.717) is 0 Å². The molecule has 1 aromatic carbocycles. The SMILES string of the molecule is CC(C)CCNCc1ccc(Br)c2cccnc12. The van der Waals surface area contributed by atoms with Gasteiger partial charge in [-0.15, -0.1) is 0 Å². The Bertz CT molecular complexity index is 523. The lowest BCUT2D eigenvalue weighted by Crippen LogP contribution is -2.16. The first-order chi connectivity index (χ1) is 8.68. The normalized spacial score (nSPS) is 11.3. The Hall–Kier alpha value is -0.930. The number of fused-ring (bicyclic) bond motifs is 1. The van der Waals surface area contributed by atoms with E-state index in [1.165, 1.54) is 17.4 Å². The van der Waals surface area contributed by atoms with E-state index in [1.807, 2.05) is 12.3 Å². The third kappa shape index (κ3) is 3.30. The fraction of sp³-hybridized carbons (Fsp3) is 0.400. The van der Waals surface area contributed by atoms with Crippen LogP contribution in [0.5, 0.6) is 0 Å². The molecule has 1 aromatic heterocycles. The van der Waals surface area contributed by atoms with Gasteiger partial charge in [-0.05, 0) is 36.6 Å². The maximum atomic E-state index is 4.49. The first kappa shape index (κ1) is 13.5. The van der Waals surface area contributed by atoms with E-state index in [-0.39, 0.29) is 0 Å². The molecule has 2 aromatic rings. The van der Waals surface area contributed by atoms with Gasteiger partial charge in [-0.3, -0.25) is 4.98 Å². The summed E-state index contributed by atoms with van der Waals surface area (Å²) in [7, 11) is 0. The van der Waals surface area contributed by atoms with Gasteiger partial charge in [0.1, 0.15) is 0 Å². The first-order valence-electron chi connectivity index (χ1n) is 6.41. The van der Waals surface area contributed by atoms with Crippen LogP contribution < -0.4 is 5.32 Å². The topological polar surface area (TPSA) is 24.9 Å². The Morgan fingerprint density at radius 2 is 2.11 bits per heavy atom. The van der Waals surface area contributed by atoms with Crippen molar-refractivity contribution in [2.45, 2.75) is 26.8 Å². The lowest BCUT2D eigenvalue weighted by Gasteiger charge is -2.09. The highest BCUT2D eigenvalue weighted by Gasteiger charge is 2.04. The summed E-state index contributed by atoms with van der Waals surface area (Å²) in [5, 5.41) is 4.67. The van der Waals surface area contributed by atoms with Crippen LogP contribution in [-0.2, 0) is 6.54 Å². The fourth-order valence-electron chi connectivity index (χ4n) is 1.95. The molecular formula is C15H19BrN2. The number of halogens is 1. The smallest absolute Gasteiger partial charge is 0.0758 e. The molecule has 1 N–H and O–H groups in total. The summed E-state index contributed by atoms with van der Waals surface area (Å²) >= 11 is 3.57. The second kappa shape index (κ2) is 6.30. The van der Waals surface area contributed by atoms with Crippen molar-refractivity contribution in [2.75, 3.05) is 6.54 Å². The van der Waals surface area contributed by atoms with Gasteiger partial charge in [0.05, 0.1) is 5.52 Å². The molecule has 18 heavy (non-hydrogen) atoms. The van der Waals surface area contributed by atoms with Crippen LogP contribution in [0.25, 0.3) is 10.9 Å². The third-order valence-corrected chi connectivity index (χ3v) is 3.71. The van der Waals surface area contributed by atoms with Gasteiger partial charge in [-0.1, -0.05) is 41.9 Å². The van der Waals surface area contributed by atoms with Gasteiger partial charge >= 0.3 is 0 Å². The van der Waals surface area contributed by atoms with Crippen molar-refractivity contribution in [1.82, 2.24) is 10.3 Å². The van der Waals surface area contributed by atoms with Crippen LogP contribution in [0.4, 0.5) is 0 Å². The van der Waals surface area contributed by atoms with Gasteiger partial charge < -0.3 is 5.32 Å². The zero-order chi connectivity index (χ0) is 13.0. The number of hydrogen-bond acceptors (Lipinski definition) is 2. The zero-order valence-corrected chi connectivity index (χ0v) is 12.5. The molecule has 96 valence electrons. The van der Waals surface area contributed by atoms with Crippen LogP contribution in [0, 0.1) is 5.92 Å². The van der Waals surface area contributed by atoms with Gasteiger partial charge in [0.2, 0.25) is 0 Å². The lowest BCUT2D eigenvalue weighted by molar-refractivity contribution is 0.538. The Morgan fingerprint density at radius 3 is 2.89 bits per heavy atom. The van der Waals surface area contributed by atoms with Crippen molar-refractivity contribution in [3.8, 4) is 0 Å². The van der Waals surface area contributed by atoms with E-state index in [4.69, 9.17) is 0 Å². The van der Waals surface area contributed by atoms with E-state index in [0.717, 1.165) is 29.0 Å². The molecule has 0 amide bonds. The molecule has 3 heteroatoms. The van der Waals surface area contributed by atoms with Crippen LogP contribution in [0.1, 0.15) is 25.8 Å². The molecule has 2 rings (SSSR count). The molecule has 0 saturated heterocycles. The molecule has 0 radical (unpaired) electrons. The van der Waals surface area contributed by atoms with Crippen LogP contribution >= 0.6 is 15.9 Å². The molecule has 0 atom stereocenters. The quantitative estimate of drug-likeness (QED) is 0.840. The number of rotatable bonds is 5. The van der Waals surface area contributed by atoms with Gasteiger partial charge in [0, 0.05) is 22.6 Å². The predicted molar refractivity (Wildman–Crippen MR) is 80.6 cm³/mol. The highest BCUT2D eigenvalue weighted by Crippen LogP contribution is 2.25. The molecule has 1 heterocycles. The second-order valence-corrected chi connectivity index (χ2v) is 5.82. The molecular weight excluding hydrogens is 288 g/mol. The Kier molecular flexibility index (Phi) is 4.72. The fourth-order valence-corrected chi connectivity index (χ4v) is 2.40. The third-order valence-electron chi connectivity index (χ3n) is 3.01. The maximum absolute atomic E-state index is 4.49. The van der Waals surface area contributed by atoms with Crippen LogP contribution in [0.15, 0.2) is 34.9 Å². The van der Waals surface area contributed by atoms with E-state index in [9.17, 15) is 0 Å². The van der Waals surface area contributed by atoms with Crippen molar-refractivity contribution >= 4 is 26.8 Å². The van der Waals surface area contributed by atoms with Crippen molar-refractivity contribution in [3.63, 3.8) is 0 Å². The van der Waals surface area contributed by atoms with Gasteiger partial charge in [-0.2, -0.15) is 0 Å². The predicted octanol–water partition coefficient (Wildman–Crippen LogP) is 4.13. The average molecular weight is 307 g/mol. The van der Waals surface area contributed by atoms with Crippen LogP contribution in [0.3, 0.4) is 0 Å². The van der Waals surface area contributed by atoms with E-state index in [1.54, 1.807) is 0 Å². The highest BCUT2D eigenvalue weighted by atomic mass is 79.9. The maximum Gasteiger partial charge on any atom is 0.0758 e. The van der Waals surface area contributed by atoms with Crippen LogP contribution in [-0.4, -0.2) is 11.5 Å². The number of hydrogen-bond donors (Lipinski definition) is 1. The van der Waals surface area contributed by atoms with E-state index in [2.05, 4.69) is 58.3 Å². The Balaban J connectivity index is 2.11. The summed E-state index contributed by atoms with van der Waals surface area (Å²) in [4.78, 5) is 4.49. The molecule has 2 nitrogen and oxygen atoms in total. The standard InChI is InChI=1S/C15H19BrN2/c1-11(2)7-9-17-10-12-5-6-14(16)13-4-3-8-18-15(12)13/h3-6,8,11,17H,7,9-10H2,1-2H3. The summed E-state index contributed by atoms with van der Waals surface area (Å²) in [6.45, 7) is 6.44. The average Bonchev–Trinajstić information content (AvgIpc) is 2.37. The van der Waals surface area contributed by atoms with E-state index >= 15 is 0 Å². The Labute approximate surface area is 117 Å². The van der Waals surface area contributed by atoms with Crippen molar-refractivity contribution in [2.24, 2.45) is 5.92 Å². The molecule has 0 aliphatic heterocycles.